The largest absolute Gasteiger partial charge is 0.497 e. The molecule has 0 spiro atoms. The number of likely N-dealkylation sites (N-methyl/N-ethyl adjacent to an activating group) is 1. The minimum Gasteiger partial charge on any atom is -0.497 e. The van der Waals surface area contributed by atoms with E-state index in [-0.39, 0.29) is 6.10 Å². The first kappa shape index (κ1) is 12.4. The van der Waals surface area contributed by atoms with Crippen molar-refractivity contribution in [2.24, 2.45) is 0 Å². The van der Waals surface area contributed by atoms with Gasteiger partial charge >= 0.3 is 0 Å². The van der Waals surface area contributed by atoms with Gasteiger partial charge in [-0.3, -0.25) is 0 Å². The summed E-state index contributed by atoms with van der Waals surface area (Å²) in [5.41, 5.74) is 0.867. The van der Waals surface area contributed by atoms with Crippen LogP contribution in [0.25, 0.3) is 0 Å². The molecule has 1 N–H and O–H groups in total. The summed E-state index contributed by atoms with van der Waals surface area (Å²) in [6, 6.07) is 7.46. The van der Waals surface area contributed by atoms with E-state index in [0.717, 1.165) is 24.4 Å². The smallest absolute Gasteiger partial charge is 0.118 e. The second-order valence-corrected chi connectivity index (χ2v) is 4.39. The zero-order chi connectivity index (χ0) is 12.3. The van der Waals surface area contributed by atoms with Crippen molar-refractivity contribution < 1.29 is 14.6 Å². The quantitative estimate of drug-likeness (QED) is 0.853. The maximum Gasteiger partial charge on any atom is 0.118 e. The van der Waals surface area contributed by atoms with Crippen LogP contribution in [0.1, 0.15) is 11.7 Å². The molecule has 1 aliphatic rings. The van der Waals surface area contributed by atoms with Gasteiger partial charge in [0.25, 0.3) is 0 Å². The summed E-state index contributed by atoms with van der Waals surface area (Å²) < 4.78 is 10.7. The van der Waals surface area contributed by atoms with Crippen molar-refractivity contribution in [2.75, 3.05) is 33.9 Å². The van der Waals surface area contributed by atoms with Gasteiger partial charge in [0.1, 0.15) is 18.0 Å². The Morgan fingerprint density at radius 1 is 1.41 bits per heavy atom. The zero-order valence-corrected chi connectivity index (χ0v) is 10.3. The van der Waals surface area contributed by atoms with Crippen molar-refractivity contribution >= 4 is 0 Å². The Balaban J connectivity index is 2.04. The Morgan fingerprint density at radius 3 is 2.71 bits per heavy atom. The molecule has 1 saturated heterocycles. The lowest BCUT2D eigenvalue weighted by molar-refractivity contribution is -0.0844. The lowest BCUT2D eigenvalue weighted by Gasteiger charge is -2.33. The first-order valence-electron chi connectivity index (χ1n) is 5.83. The predicted octanol–water partition coefficient (Wildman–Crippen LogP) is 1.06. The van der Waals surface area contributed by atoms with Gasteiger partial charge < -0.3 is 19.5 Å². The van der Waals surface area contributed by atoms with Crippen LogP contribution in [-0.4, -0.2) is 50.0 Å². The molecule has 0 aliphatic carbocycles. The van der Waals surface area contributed by atoms with Crippen LogP contribution >= 0.6 is 0 Å². The van der Waals surface area contributed by atoms with Gasteiger partial charge in [-0.05, 0) is 24.7 Å². The summed E-state index contributed by atoms with van der Waals surface area (Å²) in [4.78, 5) is 2.17. The highest BCUT2D eigenvalue weighted by Gasteiger charge is 2.26. The van der Waals surface area contributed by atoms with Gasteiger partial charge in [0.2, 0.25) is 0 Å². The fraction of sp³-hybridized carbons (Fsp3) is 0.538. The molecule has 1 heterocycles. The molecule has 17 heavy (non-hydrogen) atoms. The van der Waals surface area contributed by atoms with E-state index >= 15 is 0 Å². The Kier molecular flexibility index (Phi) is 3.99. The van der Waals surface area contributed by atoms with Gasteiger partial charge in [-0.15, -0.1) is 0 Å². The SMILES string of the molecule is COc1ccc(C(O)C2CN(C)CCO2)cc1. The van der Waals surface area contributed by atoms with Gasteiger partial charge in [-0.2, -0.15) is 0 Å². The number of rotatable bonds is 3. The summed E-state index contributed by atoms with van der Waals surface area (Å²) in [7, 11) is 3.67. The first-order chi connectivity index (χ1) is 8.20. The monoisotopic (exact) mass is 237 g/mol. The summed E-state index contributed by atoms with van der Waals surface area (Å²) in [6.45, 7) is 2.35. The van der Waals surface area contributed by atoms with Crippen LogP contribution in [0.4, 0.5) is 0 Å². The standard InChI is InChI=1S/C13H19NO3/c1-14-7-8-17-12(9-14)13(15)10-3-5-11(16-2)6-4-10/h3-6,12-13,15H,7-9H2,1-2H3. The number of ether oxygens (including phenoxy) is 2. The molecule has 0 radical (unpaired) electrons. The van der Waals surface area contributed by atoms with E-state index in [1.165, 1.54) is 0 Å². The van der Waals surface area contributed by atoms with E-state index in [9.17, 15) is 5.11 Å². The Bertz CT molecular complexity index is 352. The molecule has 1 aromatic carbocycles. The number of benzene rings is 1. The molecule has 0 aromatic heterocycles. The number of hydrogen-bond acceptors (Lipinski definition) is 4. The van der Waals surface area contributed by atoms with E-state index < -0.39 is 6.10 Å². The van der Waals surface area contributed by atoms with Crippen molar-refractivity contribution in [3.63, 3.8) is 0 Å². The second kappa shape index (κ2) is 5.49. The van der Waals surface area contributed by atoms with Crippen molar-refractivity contribution in [1.82, 2.24) is 4.90 Å². The van der Waals surface area contributed by atoms with Gasteiger partial charge in [0, 0.05) is 13.1 Å². The van der Waals surface area contributed by atoms with Crippen LogP contribution < -0.4 is 4.74 Å². The fourth-order valence-corrected chi connectivity index (χ4v) is 2.02. The maximum absolute atomic E-state index is 10.2. The topological polar surface area (TPSA) is 41.9 Å². The summed E-state index contributed by atoms with van der Waals surface area (Å²) >= 11 is 0. The maximum atomic E-state index is 10.2. The number of methoxy groups -OCH3 is 1. The molecule has 1 aliphatic heterocycles. The molecule has 1 fully saturated rings. The number of morpholine rings is 1. The van der Waals surface area contributed by atoms with Gasteiger partial charge in [0.05, 0.1) is 13.7 Å². The van der Waals surface area contributed by atoms with Crippen LogP contribution in [0.2, 0.25) is 0 Å². The number of nitrogens with zero attached hydrogens (tertiary/aromatic N) is 1. The molecule has 0 saturated carbocycles. The van der Waals surface area contributed by atoms with E-state index in [2.05, 4.69) is 4.90 Å². The molecular weight excluding hydrogens is 218 g/mol. The summed E-state index contributed by atoms with van der Waals surface area (Å²) in [5, 5.41) is 10.2. The third-order valence-corrected chi connectivity index (χ3v) is 3.11. The highest BCUT2D eigenvalue weighted by Crippen LogP contribution is 2.23. The molecular formula is C13H19NO3. The van der Waals surface area contributed by atoms with Crippen LogP contribution in [0.5, 0.6) is 5.75 Å². The Labute approximate surface area is 102 Å². The average Bonchev–Trinajstić information content (AvgIpc) is 2.38. The van der Waals surface area contributed by atoms with E-state index in [1.54, 1.807) is 7.11 Å². The third kappa shape index (κ3) is 2.97. The van der Waals surface area contributed by atoms with Crippen LogP contribution in [0.3, 0.4) is 0 Å². The second-order valence-electron chi connectivity index (χ2n) is 4.39. The van der Waals surface area contributed by atoms with E-state index in [0.29, 0.717) is 6.61 Å². The molecule has 1 aromatic rings. The average molecular weight is 237 g/mol. The molecule has 4 nitrogen and oxygen atoms in total. The highest BCUT2D eigenvalue weighted by atomic mass is 16.5. The lowest BCUT2D eigenvalue weighted by atomic mass is 10.0. The minimum atomic E-state index is -0.580. The van der Waals surface area contributed by atoms with E-state index in [4.69, 9.17) is 9.47 Å². The van der Waals surface area contributed by atoms with Crippen molar-refractivity contribution in [1.29, 1.82) is 0 Å². The molecule has 4 heteroatoms. The lowest BCUT2D eigenvalue weighted by Crippen LogP contribution is -2.42. The van der Waals surface area contributed by atoms with Crippen LogP contribution in [-0.2, 0) is 4.74 Å². The molecule has 0 bridgehead atoms. The summed E-state index contributed by atoms with van der Waals surface area (Å²) in [5.74, 6) is 0.794. The fourth-order valence-electron chi connectivity index (χ4n) is 2.02. The van der Waals surface area contributed by atoms with Gasteiger partial charge in [0.15, 0.2) is 0 Å². The number of aliphatic hydroxyl groups is 1. The van der Waals surface area contributed by atoms with Crippen LogP contribution in [0.15, 0.2) is 24.3 Å². The van der Waals surface area contributed by atoms with Crippen molar-refractivity contribution in [3.05, 3.63) is 29.8 Å². The van der Waals surface area contributed by atoms with Gasteiger partial charge in [-0.1, -0.05) is 12.1 Å². The van der Waals surface area contributed by atoms with Crippen LogP contribution in [0, 0.1) is 0 Å². The van der Waals surface area contributed by atoms with Gasteiger partial charge in [-0.25, -0.2) is 0 Å². The minimum absolute atomic E-state index is 0.151. The molecule has 0 amide bonds. The molecule has 94 valence electrons. The Hall–Kier alpha value is -1.10. The normalized spacial score (nSPS) is 23.4. The predicted molar refractivity (Wildman–Crippen MR) is 65.2 cm³/mol. The zero-order valence-electron chi connectivity index (χ0n) is 10.3. The Morgan fingerprint density at radius 2 is 2.12 bits per heavy atom. The highest BCUT2D eigenvalue weighted by molar-refractivity contribution is 5.29. The molecule has 2 rings (SSSR count). The number of hydrogen-bond donors (Lipinski definition) is 1. The number of aliphatic hydroxyl groups excluding tert-OH is 1. The van der Waals surface area contributed by atoms with Crippen molar-refractivity contribution in [3.8, 4) is 5.75 Å². The molecule has 2 atom stereocenters. The molecule has 2 unspecified atom stereocenters. The van der Waals surface area contributed by atoms with E-state index in [1.807, 2.05) is 31.3 Å². The third-order valence-electron chi connectivity index (χ3n) is 3.11. The van der Waals surface area contributed by atoms with Crippen molar-refractivity contribution in [2.45, 2.75) is 12.2 Å². The summed E-state index contributed by atoms with van der Waals surface area (Å²) in [6.07, 6.45) is -0.731. The first-order valence-corrected chi connectivity index (χ1v) is 5.83.